The van der Waals surface area contributed by atoms with Crippen molar-refractivity contribution < 1.29 is 19.7 Å². The van der Waals surface area contributed by atoms with Gasteiger partial charge in [-0.1, -0.05) is 34.6 Å². The highest BCUT2D eigenvalue weighted by atomic mass is 16.5. The molecule has 0 saturated heterocycles. The second-order valence-electron chi connectivity index (χ2n) is 5.60. The first-order chi connectivity index (χ1) is 7.18. The molecule has 0 aliphatic carbocycles. The maximum atomic E-state index is 11.7. The van der Waals surface area contributed by atoms with Gasteiger partial charge in [0.1, 0.15) is 6.61 Å². The molecule has 0 rings (SSSR count). The molecule has 0 bridgehead atoms. The Morgan fingerprint density at radius 1 is 1.19 bits per heavy atom. The molecular weight excluding hydrogens is 208 g/mol. The number of rotatable bonds is 5. The minimum absolute atomic E-state index is 0.0183. The summed E-state index contributed by atoms with van der Waals surface area (Å²) in [5, 5.41) is 17.9. The van der Waals surface area contributed by atoms with E-state index in [1.807, 2.05) is 34.6 Å². The highest BCUT2D eigenvalue weighted by molar-refractivity contribution is 5.73. The van der Waals surface area contributed by atoms with Crippen LogP contribution in [0.4, 0.5) is 0 Å². The van der Waals surface area contributed by atoms with Crippen LogP contribution in [-0.2, 0) is 9.53 Å². The van der Waals surface area contributed by atoms with Crippen LogP contribution in [0, 0.1) is 16.7 Å². The second-order valence-corrected chi connectivity index (χ2v) is 5.60. The molecule has 0 aromatic carbocycles. The Labute approximate surface area is 97.6 Å². The molecule has 1 atom stereocenters. The van der Waals surface area contributed by atoms with Crippen molar-refractivity contribution in [2.45, 2.75) is 34.6 Å². The third kappa shape index (κ3) is 3.46. The zero-order valence-electron chi connectivity index (χ0n) is 10.9. The number of carbonyl (C=O) groups is 1. The number of carbonyl (C=O) groups excluding carboxylic acids is 1. The average molecular weight is 232 g/mol. The minimum atomic E-state index is -0.570. The predicted octanol–water partition coefficient (Wildman–Crippen LogP) is 1.20. The van der Waals surface area contributed by atoms with Crippen molar-refractivity contribution in [2.24, 2.45) is 16.7 Å². The van der Waals surface area contributed by atoms with Gasteiger partial charge in [0.25, 0.3) is 0 Å². The van der Waals surface area contributed by atoms with Gasteiger partial charge in [-0.15, -0.1) is 0 Å². The maximum absolute atomic E-state index is 11.7. The molecule has 2 N–H and O–H groups in total. The molecule has 16 heavy (non-hydrogen) atoms. The lowest BCUT2D eigenvalue weighted by Crippen LogP contribution is -2.43. The first kappa shape index (κ1) is 15.4. The van der Waals surface area contributed by atoms with Crippen molar-refractivity contribution in [2.75, 3.05) is 19.8 Å². The Morgan fingerprint density at radius 2 is 1.69 bits per heavy atom. The van der Waals surface area contributed by atoms with Gasteiger partial charge in [0, 0.05) is 0 Å². The number of hydrogen-bond acceptors (Lipinski definition) is 4. The summed E-state index contributed by atoms with van der Waals surface area (Å²) in [5.74, 6) is -1.02. The fourth-order valence-electron chi connectivity index (χ4n) is 1.37. The molecule has 96 valence electrons. The number of aliphatic hydroxyl groups is 2. The Morgan fingerprint density at radius 3 is 2.00 bits per heavy atom. The average Bonchev–Trinajstić information content (AvgIpc) is 2.13. The molecule has 0 aliphatic rings. The zero-order valence-corrected chi connectivity index (χ0v) is 10.9. The van der Waals surface area contributed by atoms with E-state index in [-0.39, 0.29) is 30.7 Å². The van der Waals surface area contributed by atoms with Gasteiger partial charge in [0.05, 0.1) is 19.1 Å². The highest BCUT2D eigenvalue weighted by Gasteiger charge is 2.44. The molecule has 0 amide bonds. The van der Waals surface area contributed by atoms with Gasteiger partial charge in [-0.3, -0.25) is 4.79 Å². The molecule has 1 unspecified atom stereocenters. The van der Waals surface area contributed by atoms with Crippen LogP contribution in [0.1, 0.15) is 34.6 Å². The van der Waals surface area contributed by atoms with Crippen molar-refractivity contribution in [1.29, 1.82) is 0 Å². The van der Waals surface area contributed by atoms with Crippen LogP contribution in [0.5, 0.6) is 0 Å². The van der Waals surface area contributed by atoms with Gasteiger partial charge in [0.2, 0.25) is 0 Å². The number of aliphatic hydroxyl groups excluding tert-OH is 2. The SMILES string of the molecule is CC(C)(C)C(C)(C)C(CO)C(=O)OCCO. The van der Waals surface area contributed by atoms with Gasteiger partial charge in [-0.05, 0) is 10.8 Å². The number of hydrogen-bond donors (Lipinski definition) is 2. The second kappa shape index (κ2) is 5.64. The molecule has 0 heterocycles. The van der Waals surface area contributed by atoms with E-state index in [9.17, 15) is 9.90 Å². The molecule has 0 spiro atoms. The van der Waals surface area contributed by atoms with Crippen molar-refractivity contribution >= 4 is 5.97 Å². The van der Waals surface area contributed by atoms with Crippen LogP contribution in [0.2, 0.25) is 0 Å². The summed E-state index contributed by atoms with van der Waals surface area (Å²) in [6.45, 7) is 9.49. The van der Waals surface area contributed by atoms with Crippen molar-refractivity contribution in [3.63, 3.8) is 0 Å². The molecule has 0 aliphatic heterocycles. The Hall–Kier alpha value is -0.610. The Balaban J connectivity index is 4.78. The summed E-state index contributed by atoms with van der Waals surface area (Å²) in [5.41, 5.74) is -0.507. The molecular formula is C12H24O4. The van der Waals surface area contributed by atoms with Gasteiger partial charge in [0.15, 0.2) is 0 Å². The van der Waals surface area contributed by atoms with Crippen molar-refractivity contribution in [3.05, 3.63) is 0 Å². The molecule has 0 aromatic rings. The fourth-order valence-corrected chi connectivity index (χ4v) is 1.37. The molecule has 0 aromatic heterocycles. The summed E-state index contributed by atoms with van der Waals surface area (Å²) in [4.78, 5) is 11.7. The quantitative estimate of drug-likeness (QED) is 0.699. The third-order valence-corrected chi connectivity index (χ3v) is 3.61. The molecule has 0 saturated carbocycles. The lowest BCUT2D eigenvalue weighted by Gasteiger charge is -2.43. The van der Waals surface area contributed by atoms with Gasteiger partial charge >= 0.3 is 5.97 Å². The highest BCUT2D eigenvalue weighted by Crippen LogP contribution is 2.44. The molecule has 0 fully saturated rings. The van der Waals surface area contributed by atoms with Crippen molar-refractivity contribution in [1.82, 2.24) is 0 Å². The third-order valence-electron chi connectivity index (χ3n) is 3.61. The van der Waals surface area contributed by atoms with Crippen LogP contribution >= 0.6 is 0 Å². The normalized spacial score (nSPS) is 14.7. The monoisotopic (exact) mass is 232 g/mol. The van der Waals surface area contributed by atoms with Crippen LogP contribution in [0.15, 0.2) is 0 Å². The minimum Gasteiger partial charge on any atom is -0.463 e. The van der Waals surface area contributed by atoms with Crippen molar-refractivity contribution in [3.8, 4) is 0 Å². The van der Waals surface area contributed by atoms with E-state index in [0.717, 1.165) is 0 Å². The lowest BCUT2D eigenvalue weighted by atomic mass is 9.62. The standard InChI is InChI=1S/C12H24O4/c1-11(2,3)12(4,5)9(8-14)10(15)16-7-6-13/h9,13-14H,6-8H2,1-5H3. The van der Waals surface area contributed by atoms with Crippen LogP contribution in [0.25, 0.3) is 0 Å². The van der Waals surface area contributed by atoms with E-state index >= 15 is 0 Å². The summed E-state index contributed by atoms with van der Waals surface area (Å²) in [7, 11) is 0. The van der Waals surface area contributed by atoms with Crippen LogP contribution in [0.3, 0.4) is 0 Å². The summed E-state index contributed by atoms with van der Waals surface area (Å²) in [6.07, 6.45) is 0. The number of ether oxygens (including phenoxy) is 1. The van der Waals surface area contributed by atoms with E-state index in [2.05, 4.69) is 0 Å². The number of esters is 1. The zero-order chi connectivity index (χ0) is 13.0. The Kier molecular flexibility index (Phi) is 5.42. The fraction of sp³-hybridized carbons (Fsp3) is 0.917. The largest absolute Gasteiger partial charge is 0.463 e. The first-order valence-corrected chi connectivity index (χ1v) is 5.56. The van der Waals surface area contributed by atoms with Crippen LogP contribution in [-0.4, -0.2) is 36.0 Å². The van der Waals surface area contributed by atoms with E-state index in [1.165, 1.54) is 0 Å². The van der Waals surface area contributed by atoms with Crippen LogP contribution < -0.4 is 0 Å². The Bertz CT molecular complexity index is 228. The summed E-state index contributed by atoms with van der Waals surface area (Å²) >= 11 is 0. The van der Waals surface area contributed by atoms with Gasteiger partial charge in [-0.2, -0.15) is 0 Å². The van der Waals surface area contributed by atoms with E-state index < -0.39 is 11.9 Å². The van der Waals surface area contributed by atoms with E-state index in [4.69, 9.17) is 9.84 Å². The molecule has 4 nitrogen and oxygen atoms in total. The van der Waals surface area contributed by atoms with Gasteiger partial charge in [-0.25, -0.2) is 0 Å². The smallest absolute Gasteiger partial charge is 0.311 e. The summed E-state index contributed by atoms with van der Waals surface area (Å²) in [6, 6.07) is 0. The predicted molar refractivity (Wildman–Crippen MR) is 61.9 cm³/mol. The summed E-state index contributed by atoms with van der Waals surface area (Å²) < 4.78 is 4.88. The maximum Gasteiger partial charge on any atom is 0.311 e. The van der Waals surface area contributed by atoms with E-state index in [1.54, 1.807) is 0 Å². The van der Waals surface area contributed by atoms with E-state index in [0.29, 0.717) is 0 Å². The topological polar surface area (TPSA) is 66.8 Å². The lowest BCUT2D eigenvalue weighted by molar-refractivity contribution is -0.159. The molecule has 4 heteroatoms. The first-order valence-electron chi connectivity index (χ1n) is 5.56. The van der Waals surface area contributed by atoms with Gasteiger partial charge < -0.3 is 14.9 Å². The molecule has 0 radical (unpaired) electrons.